The first-order chi connectivity index (χ1) is 12.2. The molecule has 0 bridgehead atoms. The Morgan fingerprint density at radius 2 is 1.56 bits per heavy atom. The van der Waals surface area contributed by atoms with Crippen LogP contribution in [0.1, 0.15) is 10.4 Å². The van der Waals surface area contributed by atoms with Gasteiger partial charge in [-0.3, -0.25) is 4.79 Å². The molecule has 3 aromatic carbocycles. The van der Waals surface area contributed by atoms with Crippen molar-refractivity contribution in [3.63, 3.8) is 0 Å². The summed E-state index contributed by atoms with van der Waals surface area (Å²) in [6.45, 7) is 0. The van der Waals surface area contributed by atoms with Gasteiger partial charge in [-0.05, 0) is 66.0 Å². The highest BCUT2D eigenvalue weighted by molar-refractivity contribution is 6.04. The van der Waals surface area contributed by atoms with Crippen molar-refractivity contribution in [2.24, 2.45) is 0 Å². The van der Waals surface area contributed by atoms with Gasteiger partial charge in [0.25, 0.3) is 5.91 Å². The van der Waals surface area contributed by atoms with Crippen molar-refractivity contribution in [1.29, 1.82) is 0 Å². The monoisotopic (exact) mass is 327 g/mol. The summed E-state index contributed by atoms with van der Waals surface area (Å²) in [6.07, 6.45) is 2.05. The number of hydrogen-bond acceptors (Lipinski definition) is 2. The van der Waals surface area contributed by atoms with Gasteiger partial charge in [-0.2, -0.15) is 0 Å². The first-order valence-corrected chi connectivity index (χ1v) is 8.04. The minimum Gasteiger partial charge on any atom is -0.399 e. The van der Waals surface area contributed by atoms with Crippen LogP contribution >= 0.6 is 0 Å². The van der Waals surface area contributed by atoms with Gasteiger partial charge >= 0.3 is 0 Å². The summed E-state index contributed by atoms with van der Waals surface area (Å²) >= 11 is 0. The summed E-state index contributed by atoms with van der Waals surface area (Å²) in [5.74, 6) is -0.154. The molecule has 25 heavy (non-hydrogen) atoms. The van der Waals surface area contributed by atoms with Crippen LogP contribution in [0.5, 0.6) is 0 Å². The highest BCUT2D eigenvalue weighted by Crippen LogP contribution is 2.21. The number of rotatable bonds is 3. The molecule has 4 heteroatoms. The van der Waals surface area contributed by atoms with E-state index in [0.29, 0.717) is 11.3 Å². The van der Waals surface area contributed by atoms with Crippen molar-refractivity contribution in [2.75, 3.05) is 11.1 Å². The third-order valence-corrected chi connectivity index (χ3v) is 4.18. The van der Waals surface area contributed by atoms with Crippen LogP contribution in [-0.4, -0.2) is 10.5 Å². The first kappa shape index (κ1) is 15.0. The highest BCUT2D eigenvalue weighted by atomic mass is 16.1. The van der Waals surface area contributed by atoms with Gasteiger partial charge in [-0.1, -0.05) is 18.2 Å². The van der Waals surface area contributed by atoms with Crippen molar-refractivity contribution >= 4 is 28.2 Å². The number of anilines is 2. The number of carbonyl (C=O) groups is 1. The maximum atomic E-state index is 12.3. The minimum absolute atomic E-state index is 0.154. The molecule has 4 aromatic rings. The van der Waals surface area contributed by atoms with Crippen LogP contribution in [0.3, 0.4) is 0 Å². The minimum atomic E-state index is -0.154. The van der Waals surface area contributed by atoms with Gasteiger partial charge in [0, 0.05) is 28.8 Å². The normalized spacial score (nSPS) is 10.7. The largest absolute Gasteiger partial charge is 0.399 e. The maximum absolute atomic E-state index is 12.3. The number of benzene rings is 3. The fourth-order valence-corrected chi connectivity index (χ4v) is 2.85. The highest BCUT2D eigenvalue weighted by Gasteiger charge is 2.07. The summed E-state index contributed by atoms with van der Waals surface area (Å²) in [7, 11) is 0. The zero-order valence-corrected chi connectivity index (χ0v) is 13.5. The van der Waals surface area contributed by atoms with Crippen molar-refractivity contribution in [3.8, 4) is 5.69 Å². The second-order valence-electron chi connectivity index (χ2n) is 5.87. The third kappa shape index (κ3) is 2.97. The van der Waals surface area contributed by atoms with Crippen LogP contribution in [0.4, 0.5) is 11.4 Å². The third-order valence-electron chi connectivity index (χ3n) is 4.18. The Labute approximate surface area is 145 Å². The lowest BCUT2D eigenvalue weighted by atomic mass is 10.2. The average molecular weight is 327 g/mol. The Hall–Kier alpha value is -3.53. The molecule has 1 heterocycles. The van der Waals surface area contributed by atoms with Gasteiger partial charge < -0.3 is 15.6 Å². The molecule has 0 unspecified atom stereocenters. The van der Waals surface area contributed by atoms with E-state index in [1.165, 1.54) is 5.39 Å². The van der Waals surface area contributed by atoms with Crippen LogP contribution in [0.2, 0.25) is 0 Å². The van der Waals surface area contributed by atoms with E-state index in [1.807, 2.05) is 42.6 Å². The van der Waals surface area contributed by atoms with E-state index in [0.717, 1.165) is 16.9 Å². The van der Waals surface area contributed by atoms with E-state index in [1.54, 1.807) is 24.3 Å². The zero-order valence-electron chi connectivity index (χ0n) is 13.5. The second-order valence-corrected chi connectivity index (χ2v) is 5.87. The molecular formula is C21H17N3O. The molecule has 0 aliphatic carbocycles. The molecular weight excluding hydrogens is 310 g/mol. The molecule has 122 valence electrons. The van der Waals surface area contributed by atoms with Crippen molar-refractivity contribution in [2.45, 2.75) is 0 Å². The van der Waals surface area contributed by atoms with Crippen molar-refractivity contribution in [3.05, 3.63) is 90.6 Å². The average Bonchev–Trinajstić information content (AvgIpc) is 3.07. The molecule has 0 atom stereocenters. The number of nitrogens with one attached hydrogen (secondary N) is 1. The van der Waals surface area contributed by atoms with Crippen molar-refractivity contribution in [1.82, 2.24) is 4.57 Å². The summed E-state index contributed by atoms with van der Waals surface area (Å²) in [5.41, 5.74) is 9.82. The van der Waals surface area contributed by atoms with Crippen LogP contribution in [0.25, 0.3) is 16.6 Å². The van der Waals surface area contributed by atoms with Crippen molar-refractivity contribution < 1.29 is 4.79 Å². The number of para-hydroxylation sites is 1. The van der Waals surface area contributed by atoms with E-state index in [-0.39, 0.29) is 5.91 Å². The standard InChI is InChI=1S/C21H17N3O/c22-17-7-5-16(6-8-17)21(25)23-18-9-11-19(12-10-18)24-14-13-15-3-1-2-4-20(15)24/h1-14H,22H2,(H,23,25). The quantitative estimate of drug-likeness (QED) is 0.546. The summed E-state index contributed by atoms with van der Waals surface area (Å²) in [5, 5.41) is 4.10. The molecule has 1 amide bonds. The molecule has 0 fully saturated rings. The predicted octanol–water partition coefficient (Wildman–Crippen LogP) is 4.47. The lowest BCUT2D eigenvalue weighted by Crippen LogP contribution is -2.11. The predicted molar refractivity (Wildman–Crippen MR) is 102 cm³/mol. The van der Waals surface area contributed by atoms with Crippen LogP contribution < -0.4 is 11.1 Å². The second kappa shape index (κ2) is 6.17. The Morgan fingerprint density at radius 3 is 2.32 bits per heavy atom. The van der Waals surface area contributed by atoms with E-state index in [9.17, 15) is 4.79 Å². The Kier molecular flexibility index (Phi) is 3.71. The Bertz CT molecular complexity index is 1030. The van der Waals surface area contributed by atoms with Gasteiger partial charge in [0.1, 0.15) is 0 Å². The van der Waals surface area contributed by atoms with Gasteiger partial charge in [-0.25, -0.2) is 0 Å². The summed E-state index contributed by atoms with van der Waals surface area (Å²) in [6, 6.07) is 25.0. The number of hydrogen-bond donors (Lipinski definition) is 2. The molecule has 3 N–H and O–H groups in total. The number of nitrogen functional groups attached to an aromatic ring is 1. The fraction of sp³-hybridized carbons (Fsp3) is 0. The SMILES string of the molecule is Nc1ccc(C(=O)Nc2ccc(-n3ccc4ccccc43)cc2)cc1. The number of nitrogens with two attached hydrogens (primary N) is 1. The van der Waals surface area contributed by atoms with Crippen LogP contribution in [0, 0.1) is 0 Å². The molecule has 1 aromatic heterocycles. The fourth-order valence-electron chi connectivity index (χ4n) is 2.85. The molecule has 0 spiro atoms. The van der Waals surface area contributed by atoms with Gasteiger partial charge in [0.05, 0.1) is 5.52 Å². The molecule has 4 nitrogen and oxygen atoms in total. The molecule has 0 aliphatic rings. The van der Waals surface area contributed by atoms with E-state index >= 15 is 0 Å². The molecule has 4 rings (SSSR count). The zero-order chi connectivity index (χ0) is 17.2. The molecule has 0 saturated carbocycles. The van der Waals surface area contributed by atoms with Crippen LogP contribution in [-0.2, 0) is 0 Å². The summed E-state index contributed by atoms with van der Waals surface area (Å²) in [4.78, 5) is 12.3. The number of carbonyl (C=O) groups excluding carboxylic acids is 1. The number of aromatic nitrogens is 1. The Balaban J connectivity index is 1.56. The van der Waals surface area contributed by atoms with Gasteiger partial charge in [-0.15, -0.1) is 0 Å². The van der Waals surface area contributed by atoms with E-state index in [2.05, 4.69) is 28.1 Å². The summed E-state index contributed by atoms with van der Waals surface area (Å²) < 4.78 is 2.13. The maximum Gasteiger partial charge on any atom is 0.255 e. The van der Waals surface area contributed by atoms with Crippen LogP contribution in [0.15, 0.2) is 85.1 Å². The lowest BCUT2D eigenvalue weighted by molar-refractivity contribution is 0.102. The topological polar surface area (TPSA) is 60.1 Å². The number of amides is 1. The number of fused-ring (bicyclic) bond motifs is 1. The smallest absolute Gasteiger partial charge is 0.255 e. The lowest BCUT2D eigenvalue weighted by Gasteiger charge is -2.09. The van der Waals surface area contributed by atoms with E-state index in [4.69, 9.17) is 5.73 Å². The first-order valence-electron chi connectivity index (χ1n) is 8.04. The van der Waals surface area contributed by atoms with Gasteiger partial charge in [0.15, 0.2) is 0 Å². The van der Waals surface area contributed by atoms with E-state index < -0.39 is 0 Å². The Morgan fingerprint density at radius 1 is 0.840 bits per heavy atom. The van der Waals surface area contributed by atoms with Gasteiger partial charge in [0.2, 0.25) is 0 Å². The molecule has 0 saturated heterocycles. The number of nitrogens with zero attached hydrogens (tertiary/aromatic N) is 1. The molecule has 0 aliphatic heterocycles. The molecule has 0 radical (unpaired) electrons.